The van der Waals surface area contributed by atoms with Crippen LogP contribution in [0.5, 0.6) is 5.75 Å². The number of rotatable bonds is 13. The molecule has 0 fully saturated rings. The standard InChI is InChI=1S/C26H36BrN3O5S/c1-19(2)17-28-26(32)20(3)29(18-21-8-6-9-22(27)16-21)25(31)10-7-15-30(36(5,33)34)23-11-13-24(35-4)14-12-23/h6,8-9,11-14,16,19-20H,7,10,15,17-18H2,1-5H3,(H,28,32)/t20-/m0/s1. The van der Waals surface area contributed by atoms with E-state index in [0.717, 1.165) is 16.3 Å². The van der Waals surface area contributed by atoms with Crippen LogP contribution in [-0.2, 0) is 26.2 Å². The Labute approximate surface area is 223 Å². The van der Waals surface area contributed by atoms with Gasteiger partial charge in [-0.2, -0.15) is 0 Å². The second-order valence-corrected chi connectivity index (χ2v) is 11.9. The number of hydrogen-bond acceptors (Lipinski definition) is 5. The lowest BCUT2D eigenvalue weighted by atomic mass is 10.1. The van der Waals surface area contributed by atoms with E-state index in [1.165, 1.54) is 4.31 Å². The third-order valence-electron chi connectivity index (χ3n) is 5.61. The number of amides is 2. The number of benzene rings is 2. The van der Waals surface area contributed by atoms with Crippen LogP contribution in [0.15, 0.2) is 53.0 Å². The highest BCUT2D eigenvalue weighted by Crippen LogP contribution is 2.22. The predicted octanol–water partition coefficient (Wildman–Crippen LogP) is 4.19. The van der Waals surface area contributed by atoms with Gasteiger partial charge in [0.2, 0.25) is 21.8 Å². The number of nitrogens with one attached hydrogen (secondary N) is 1. The van der Waals surface area contributed by atoms with Crippen LogP contribution < -0.4 is 14.4 Å². The predicted molar refractivity (Wildman–Crippen MR) is 146 cm³/mol. The van der Waals surface area contributed by atoms with E-state index in [1.54, 1.807) is 43.2 Å². The molecule has 0 aliphatic carbocycles. The van der Waals surface area contributed by atoms with Crippen molar-refractivity contribution in [3.05, 3.63) is 58.6 Å². The first-order chi connectivity index (χ1) is 16.9. The first-order valence-corrected chi connectivity index (χ1v) is 14.5. The Balaban J connectivity index is 2.15. The Bertz CT molecular complexity index is 1120. The summed E-state index contributed by atoms with van der Waals surface area (Å²) in [4.78, 5) is 27.7. The minimum absolute atomic E-state index is 0.0952. The van der Waals surface area contributed by atoms with Gasteiger partial charge in [-0.25, -0.2) is 8.42 Å². The lowest BCUT2D eigenvalue weighted by Gasteiger charge is -2.29. The third-order valence-corrected chi connectivity index (χ3v) is 7.29. The Morgan fingerprint density at radius 2 is 1.75 bits per heavy atom. The Kier molecular flexibility index (Phi) is 11.2. The Morgan fingerprint density at radius 1 is 1.08 bits per heavy atom. The number of methoxy groups -OCH3 is 1. The molecular formula is C26H36BrN3O5S. The molecule has 2 rings (SSSR count). The number of hydrogen-bond donors (Lipinski definition) is 1. The first-order valence-electron chi connectivity index (χ1n) is 11.9. The van der Waals surface area contributed by atoms with E-state index in [4.69, 9.17) is 4.74 Å². The van der Waals surface area contributed by atoms with Gasteiger partial charge in [-0.15, -0.1) is 0 Å². The highest BCUT2D eigenvalue weighted by molar-refractivity contribution is 9.10. The van der Waals surface area contributed by atoms with Crippen molar-refractivity contribution in [2.24, 2.45) is 5.92 Å². The van der Waals surface area contributed by atoms with E-state index >= 15 is 0 Å². The minimum Gasteiger partial charge on any atom is -0.497 e. The van der Waals surface area contributed by atoms with Gasteiger partial charge in [-0.1, -0.05) is 41.9 Å². The largest absolute Gasteiger partial charge is 0.497 e. The van der Waals surface area contributed by atoms with Crippen LogP contribution in [0.2, 0.25) is 0 Å². The molecule has 1 atom stereocenters. The lowest BCUT2D eigenvalue weighted by molar-refractivity contribution is -0.140. The van der Waals surface area contributed by atoms with E-state index in [0.29, 0.717) is 24.4 Å². The van der Waals surface area contributed by atoms with Gasteiger partial charge in [0.1, 0.15) is 11.8 Å². The monoisotopic (exact) mass is 581 g/mol. The van der Waals surface area contributed by atoms with Gasteiger partial charge in [-0.3, -0.25) is 13.9 Å². The van der Waals surface area contributed by atoms with Crippen molar-refractivity contribution >= 4 is 43.5 Å². The molecule has 0 heterocycles. The molecule has 0 saturated carbocycles. The van der Waals surface area contributed by atoms with Crippen LogP contribution in [0.1, 0.15) is 39.2 Å². The maximum atomic E-state index is 13.3. The van der Waals surface area contributed by atoms with E-state index in [9.17, 15) is 18.0 Å². The quantitative estimate of drug-likeness (QED) is 0.382. The number of nitrogens with zero attached hydrogens (tertiary/aromatic N) is 2. The van der Waals surface area contributed by atoms with Crippen LogP contribution in [-0.4, -0.2) is 57.6 Å². The van der Waals surface area contributed by atoms with E-state index in [1.807, 2.05) is 38.1 Å². The number of halogens is 1. The molecular weight excluding hydrogens is 546 g/mol. The third kappa shape index (κ3) is 9.13. The van der Waals surface area contributed by atoms with Gasteiger partial charge >= 0.3 is 0 Å². The summed E-state index contributed by atoms with van der Waals surface area (Å²) in [6.07, 6.45) is 1.53. The second kappa shape index (κ2) is 13.6. The van der Waals surface area contributed by atoms with E-state index < -0.39 is 16.1 Å². The Hall–Kier alpha value is -2.59. The molecule has 0 unspecified atom stereocenters. The van der Waals surface area contributed by atoms with Gasteiger partial charge in [0.15, 0.2) is 0 Å². The van der Waals surface area contributed by atoms with Crippen LogP contribution in [0.4, 0.5) is 5.69 Å². The average Bonchev–Trinajstić information content (AvgIpc) is 2.82. The fraction of sp³-hybridized carbons (Fsp3) is 0.462. The molecule has 2 aromatic rings. The molecule has 36 heavy (non-hydrogen) atoms. The summed E-state index contributed by atoms with van der Waals surface area (Å²) in [5.74, 6) is 0.471. The van der Waals surface area contributed by atoms with Crippen molar-refractivity contribution in [1.29, 1.82) is 0 Å². The zero-order chi connectivity index (χ0) is 26.9. The van der Waals surface area contributed by atoms with Gasteiger partial charge in [-0.05, 0) is 61.2 Å². The summed E-state index contributed by atoms with van der Waals surface area (Å²) >= 11 is 3.45. The van der Waals surface area contributed by atoms with Crippen LogP contribution in [0, 0.1) is 5.92 Å². The summed E-state index contributed by atoms with van der Waals surface area (Å²) in [6, 6.07) is 13.6. The zero-order valence-electron chi connectivity index (χ0n) is 21.5. The van der Waals surface area contributed by atoms with E-state index in [-0.39, 0.29) is 37.2 Å². The molecule has 2 aromatic carbocycles. The molecule has 0 saturated heterocycles. The molecule has 10 heteroatoms. The van der Waals surface area contributed by atoms with Crippen molar-refractivity contribution < 1.29 is 22.7 Å². The zero-order valence-corrected chi connectivity index (χ0v) is 23.9. The molecule has 0 aromatic heterocycles. The summed E-state index contributed by atoms with van der Waals surface area (Å²) in [6.45, 7) is 6.65. The first kappa shape index (κ1) is 29.6. The molecule has 0 radical (unpaired) electrons. The number of carbonyl (C=O) groups is 2. The van der Waals surface area contributed by atoms with Crippen molar-refractivity contribution in [2.75, 3.05) is 30.8 Å². The SMILES string of the molecule is COc1ccc(N(CCCC(=O)N(Cc2cccc(Br)c2)[C@@H](C)C(=O)NCC(C)C)S(C)(=O)=O)cc1. The number of anilines is 1. The van der Waals surface area contributed by atoms with Crippen LogP contribution in [0.3, 0.4) is 0 Å². The molecule has 0 spiro atoms. The average molecular weight is 583 g/mol. The van der Waals surface area contributed by atoms with Crippen molar-refractivity contribution in [3.63, 3.8) is 0 Å². The molecule has 0 aliphatic rings. The number of carbonyl (C=O) groups excluding carboxylic acids is 2. The molecule has 198 valence electrons. The second-order valence-electron chi connectivity index (χ2n) is 9.10. The van der Waals surface area contributed by atoms with Crippen molar-refractivity contribution in [3.8, 4) is 5.75 Å². The van der Waals surface area contributed by atoms with Crippen molar-refractivity contribution in [1.82, 2.24) is 10.2 Å². The number of ether oxygens (including phenoxy) is 1. The fourth-order valence-corrected chi connectivity index (χ4v) is 5.03. The highest BCUT2D eigenvalue weighted by Gasteiger charge is 2.26. The molecule has 0 bridgehead atoms. The normalized spacial score (nSPS) is 12.2. The van der Waals surface area contributed by atoms with Gasteiger partial charge in [0, 0.05) is 30.5 Å². The smallest absolute Gasteiger partial charge is 0.242 e. The minimum atomic E-state index is -3.56. The maximum absolute atomic E-state index is 13.3. The molecule has 1 N–H and O–H groups in total. The van der Waals surface area contributed by atoms with Crippen molar-refractivity contribution in [2.45, 2.75) is 46.2 Å². The maximum Gasteiger partial charge on any atom is 0.242 e. The van der Waals surface area contributed by atoms with Gasteiger partial charge in [0.05, 0.1) is 19.1 Å². The molecule has 0 aliphatic heterocycles. The summed E-state index contributed by atoms with van der Waals surface area (Å²) in [7, 11) is -2.02. The van der Waals surface area contributed by atoms with Crippen LogP contribution in [0.25, 0.3) is 0 Å². The fourth-order valence-electron chi connectivity index (χ4n) is 3.62. The highest BCUT2D eigenvalue weighted by atomic mass is 79.9. The van der Waals surface area contributed by atoms with Gasteiger partial charge < -0.3 is 15.0 Å². The summed E-state index contributed by atoms with van der Waals surface area (Å²) in [5.41, 5.74) is 1.38. The van der Waals surface area contributed by atoms with E-state index in [2.05, 4.69) is 21.2 Å². The lowest BCUT2D eigenvalue weighted by Crippen LogP contribution is -2.48. The topological polar surface area (TPSA) is 96.0 Å². The Morgan fingerprint density at radius 3 is 2.31 bits per heavy atom. The summed E-state index contributed by atoms with van der Waals surface area (Å²) in [5, 5.41) is 2.90. The van der Waals surface area contributed by atoms with Gasteiger partial charge in [0.25, 0.3) is 0 Å². The number of sulfonamides is 1. The van der Waals surface area contributed by atoms with Crippen LogP contribution >= 0.6 is 15.9 Å². The molecule has 2 amide bonds. The summed E-state index contributed by atoms with van der Waals surface area (Å²) < 4.78 is 32.2. The molecule has 8 nitrogen and oxygen atoms in total.